The summed E-state index contributed by atoms with van der Waals surface area (Å²) < 4.78 is 0. The maximum atomic E-state index is 11.8. The van der Waals surface area contributed by atoms with Gasteiger partial charge in [-0.1, -0.05) is 19.9 Å². The first kappa shape index (κ1) is 10.9. The Morgan fingerprint density at radius 3 is 2.87 bits per heavy atom. The minimum absolute atomic E-state index is 0.129. The van der Waals surface area contributed by atoms with Gasteiger partial charge in [-0.3, -0.25) is 4.79 Å². The number of Topliss-reactive ketones (excluding diaryl/α,β-unsaturated/α-hetero) is 1. The summed E-state index contributed by atoms with van der Waals surface area (Å²) in [7, 11) is 0. The Kier molecular flexibility index (Phi) is 2.72. The Bertz CT molecular complexity index is 302. The van der Waals surface area contributed by atoms with Crippen LogP contribution in [-0.4, -0.2) is 17.5 Å². The Labute approximate surface area is 91.4 Å². The van der Waals surface area contributed by atoms with E-state index in [1.165, 1.54) is 0 Å². The lowest BCUT2D eigenvalue weighted by atomic mass is 9.78. The van der Waals surface area contributed by atoms with E-state index in [1.807, 2.05) is 0 Å². The summed E-state index contributed by atoms with van der Waals surface area (Å²) in [5, 5.41) is 9.34. The molecule has 0 aliphatic heterocycles. The average Bonchev–Trinajstić information content (AvgIpc) is 2.46. The fourth-order valence-corrected chi connectivity index (χ4v) is 3.03. The Hall–Kier alpha value is -0.630. The van der Waals surface area contributed by atoms with E-state index in [-0.39, 0.29) is 17.9 Å². The van der Waals surface area contributed by atoms with Crippen molar-refractivity contribution < 1.29 is 9.90 Å². The molecule has 2 aliphatic carbocycles. The summed E-state index contributed by atoms with van der Waals surface area (Å²) >= 11 is 0. The van der Waals surface area contributed by atoms with Crippen LogP contribution in [0.15, 0.2) is 11.6 Å². The summed E-state index contributed by atoms with van der Waals surface area (Å²) in [4.78, 5) is 11.8. The van der Waals surface area contributed by atoms with Crippen LogP contribution in [0.3, 0.4) is 0 Å². The molecule has 0 aromatic rings. The molecule has 0 saturated heterocycles. The molecule has 0 heterocycles. The zero-order chi connectivity index (χ0) is 11.1. The van der Waals surface area contributed by atoms with E-state index in [0.29, 0.717) is 18.1 Å². The van der Waals surface area contributed by atoms with Crippen molar-refractivity contribution in [1.82, 2.24) is 0 Å². The van der Waals surface area contributed by atoms with E-state index < -0.39 is 0 Å². The fourth-order valence-electron chi connectivity index (χ4n) is 3.03. The van der Waals surface area contributed by atoms with Gasteiger partial charge in [-0.2, -0.15) is 0 Å². The molecule has 0 amide bonds. The largest absolute Gasteiger partial charge is 0.392 e. The van der Waals surface area contributed by atoms with Crippen molar-refractivity contribution in [2.45, 2.75) is 39.5 Å². The van der Waals surface area contributed by atoms with Gasteiger partial charge < -0.3 is 5.11 Å². The smallest absolute Gasteiger partial charge is 0.136 e. The van der Waals surface area contributed by atoms with Crippen molar-refractivity contribution in [3.05, 3.63) is 11.6 Å². The number of carbonyl (C=O) groups excluding carboxylic acids is 1. The minimum atomic E-state index is 0.129. The summed E-state index contributed by atoms with van der Waals surface area (Å²) in [6.07, 6.45) is 5.80. The van der Waals surface area contributed by atoms with E-state index in [4.69, 9.17) is 0 Å². The maximum Gasteiger partial charge on any atom is 0.136 e. The number of fused-ring (bicyclic) bond motifs is 1. The number of hydrogen-bond acceptors (Lipinski definition) is 2. The van der Waals surface area contributed by atoms with Crippen LogP contribution < -0.4 is 0 Å². The quantitative estimate of drug-likeness (QED) is 0.671. The highest BCUT2D eigenvalue weighted by Crippen LogP contribution is 2.45. The topological polar surface area (TPSA) is 37.3 Å². The SMILES string of the molecule is CC1(C)CC=C(CO)C2CCC(=O)C2C1. The van der Waals surface area contributed by atoms with Crippen LogP contribution in [0.4, 0.5) is 0 Å². The molecule has 15 heavy (non-hydrogen) atoms. The van der Waals surface area contributed by atoms with Gasteiger partial charge in [0, 0.05) is 12.3 Å². The van der Waals surface area contributed by atoms with Crippen LogP contribution in [0.1, 0.15) is 39.5 Å². The molecule has 2 rings (SSSR count). The zero-order valence-corrected chi connectivity index (χ0v) is 9.62. The number of carbonyl (C=O) groups is 1. The fraction of sp³-hybridized carbons (Fsp3) is 0.769. The van der Waals surface area contributed by atoms with Crippen molar-refractivity contribution in [2.75, 3.05) is 6.61 Å². The summed E-state index contributed by atoms with van der Waals surface area (Å²) in [6, 6.07) is 0. The van der Waals surface area contributed by atoms with Gasteiger partial charge in [0.05, 0.1) is 6.61 Å². The predicted molar refractivity (Wildman–Crippen MR) is 59.4 cm³/mol. The van der Waals surface area contributed by atoms with Crippen molar-refractivity contribution >= 4 is 5.78 Å². The third kappa shape index (κ3) is 2.00. The van der Waals surface area contributed by atoms with Gasteiger partial charge in [0.1, 0.15) is 5.78 Å². The Morgan fingerprint density at radius 2 is 2.20 bits per heavy atom. The summed E-state index contributed by atoms with van der Waals surface area (Å²) in [5.41, 5.74) is 1.32. The van der Waals surface area contributed by atoms with E-state index in [2.05, 4.69) is 19.9 Å². The molecule has 2 aliphatic rings. The van der Waals surface area contributed by atoms with Crippen molar-refractivity contribution in [2.24, 2.45) is 17.3 Å². The second-order valence-electron chi connectivity index (χ2n) is 5.73. The van der Waals surface area contributed by atoms with Crippen LogP contribution in [0.25, 0.3) is 0 Å². The maximum absolute atomic E-state index is 11.8. The highest BCUT2D eigenvalue weighted by atomic mass is 16.3. The number of hydrogen-bond donors (Lipinski definition) is 1. The van der Waals surface area contributed by atoms with Gasteiger partial charge in [0.15, 0.2) is 0 Å². The normalized spacial score (nSPS) is 34.6. The third-order valence-corrected chi connectivity index (χ3v) is 3.95. The molecule has 2 heteroatoms. The van der Waals surface area contributed by atoms with Crippen molar-refractivity contribution in [1.29, 1.82) is 0 Å². The number of rotatable bonds is 1. The lowest BCUT2D eigenvalue weighted by molar-refractivity contribution is -0.121. The molecule has 0 bridgehead atoms. The first-order valence-electron chi connectivity index (χ1n) is 5.86. The summed E-state index contributed by atoms with van der Waals surface area (Å²) in [6.45, 7) is 4.56. The molecular weight excluding hydrogens is 188 g/mol. The molecule has 1 N–H and O–H groups in total. The molecule has 1 saturated carbocycles. The number of allylic oxidation sites excluding steroid dienone is 1. The highest BCUT2D eigenvalue weighted by molar-refractivity contribution is 5.84. The van der Waals surface area contributed by atoms with Crippen LogP contribution in [0.5, 0.6) is 0 Å². The number of ketones is 1. The van der Waals surface area contributed by atoms with E-state index in [0.717, 1.165) is 24.8 Å². The highest BCUT2D eigenvalue weighted by Gasteiger charge is 2.41. The molecule has 2 atom stereocenters. The monoisotopic (exact) mass is 208 g/mol. The first-order chi connectivity index (χ1) is 7.03. The Balaban J connectivity index is 2.29. The van der Waals surface area contributed by atoms with Crippen molar-refractivity contribution in [3.63, 3.8) is 0 Å². The van der Waals surface area contributed by atoms with Gasteiger partial charge in [0.2, 0.25) is 0 Å². The van der Waals surface area contributed by atoms with Crippen LogP contribution in [0, 0.1) is 17.3 Å². The van der Waals surface area contributed by atoms with Gasteiger partial charge in [-0.15, -0.1) is 0 Å². The second kappa shape index (κ2) is 3.75. The zero-order valence-electron chi connectivity index (χ0n) is 9.62. The molecule has 2 unspecified atom stereocenters. The van der Waals surface area contributed by atoms with Gasteiger partial charge in [0.25, 0.3) is 0 Å². The standard InChI is InChI=1S/C13H20O2/c1-13(2)6-5-9(8-14)10-3-4-12(15)11(10)7-13/h5,10-11,14H,3-4,6-8H2,1-2H3. The molecule has 0 spiro atoms. The lowest BCUT2D eigenvalue weighted by Gasteiger charge is -2.25. The summed E-state index contributed by atoms with van der Waals surface area (Å²) in [5.74, 6) is 0.930. The van der Waals surface area contributed by atoms with Gasteiger partial charge >= 0.3 is 0 Å². The van der Waals surface area contributed by atoms with E-state index in [9.17, 15) is 9.90 Å². The first-order valence-corrected chi connectivity index (χ1v) is 5.86. The van der Waals surface area contributed by atoms with Crippen LogP contribution in [0.2, 0.25) is 0 Å². The average molecular weight is 208 g/mol. The number of aliphatic hydroxyl groups is 1. The molecule has 0 aromatic heterocycles. The van der Waals surface area contributed by atoms with Crippen LogP contribution in [-0.2, 0) is 4.79 Å². The van der Waals surface area contributed by atoms with Crippen LogP contribution >= 0.6 is 0 Å². The Morgan fingerprint density at radius 1 is 1.47 bits per heavy atom. The van der Waals surface area contributed by atoms with Gasteiger partial charge in [-0.25, -0.2) is 0 Å². The van der Waals surface area contributed by atoms with E-state index >= 15 is 0 Å². The lowest BCUT2D eigenvalue weighted by Crippen LogP contribution is -2.22. The minimum Gasteiger partial charge on any atom is -0.392 e. The molecule has 1 fully saturated rings. The third-order valence-electron chi connectivity index (χ3n) is 3.95. The van der Waals surface area contributed by atoms with Crippen molar-refractivity contribution in [3.8, 4) is 0 Å². The van der Waals surface area contributed by atoms with Gasteiger partial charge in [-0.05, 0) is 36.2 Å². The number of aliphatic hydroxyl groups excluding tert-OH is 1. The molecule has 2 nitrogen and oxygen atoms in total. The van der Waals surface area contributed by atoms with E-state index in [1.54, 1.807) is 0 Å². The molecule has 0 radical (unpaired) electrons. The second-order valence-corrected chi connectivity index (χ2v) is 5.73. The molecule has 84 valence electrons. The molecular formula is C13H20O2. The molecule has 0 aromatic carbocycles. The predicted octanol–water partition coefficient (Wildman–Crippen LogP) is 2.32.